The van der Waals surface area contributed by atoms with E-state index in [4.69, 9.17) is 4.74 Å². The van der Waals surface area contributed by atoms with Crippen LogP contribution in [0.2, 0.25) is 0 Å². The molecule has 5 saturated carbocycles. The minimum Gasteiger partial charge on any atom is -0.393 e. The number of hydrogen-bond acceptors (Lipinski definition) is 2. The molecule has 0 aromatic rings. The van der Waals surface area contributed by atoms with Crippen LogP contribution in [0, 0.1) is 56.2 Å². The van der Waals surface area contributed by atoms with E-state index in [0.29, 0.717) is 39.1 Å². The second-order valence-corrected chi connectivity index (χ2v) is 15.7. The molecule has 6 rings (SSSR count). The van der Waals surface area contributed by atoms with E-state index >= 15 is 0 Å². The Balaban J connectivity index is 1.39. The smallest absolute Gasteiger partial charge is 0.0663 e. The van der Waals surface area contributed by atoms with Crippen molar-refractivity contribution in [2.75, 3.05) is 6.61 Å². The van der Waals surface area contributed by atoms with Gasteiger partial charge in [0.1, 0.15) is 0 Å². The zero-order chi connectivity index (χ0) is 22.9. The van der Waals surface area contributed by atoms with Crippen LogP contribution in [0.4, 0.5) is 0 Å². The molecule has 32 heavy (non-hydrogen) atoms. The molecule has 0 aromatic heterocycles. The Hall–Kier alpha value is -0.0800. The molecule has 10 atom stereocenters. The fraction of sp³-hybridized carbons (Fsp3) is 1.00. The largest absolute Gasteiger partial charge is 0.393 e. The van der Waals surface area contributed by atoms with Gasteiger partial charge in [0.2, 0.25) is 0 Å². The average molecular weight is 443 g/mol. The second kappa shape index (κ2) is 6.37. The number of rotatable bonds is 0. The van der Waals surface area contributed by atoms with Crippen molar-refractivity contribution in [3.63, 3.8) is 0 Å². The summed E-state index contributed by atoms with van der Waals surface area (Å²) in [5, 5.41) is 10.9. The Morgan fingerprint density at radius 3 is 2.16 bits per heavy atom. The van der Waals surface area contributed by atoms with Crippen LogP contribution in [0.5, 0.6) is 0 Å². The van der Waals surface area contributed by atoms with Gasteiger partial charge in [-0.1, -0.05) is 48.5 Å². The van der Waals surface area contributed by atoms with E-state index in [1.807, 2.05) is 0 Å². The third kappa shape index (κ3) is 2.41. The molecule has 1 heterocycles. The molecule has 1 N–H and O–H groups in total. The van der Waals surface area contributed by atoms with E-state index < -0.39 is 0 Å². The highest BCUT2D eigenvalue weighted by Crippen LogP contribution is 2.78. The molecule has 182 valence electrons. The topological polar surface area (TPSA) is 29.5 Å². The van der Waals surface area contributed by atoms with Crippen LogP contribution in [0.1, 0.15) is 113 Å². The standard InChI is InChI=1S/C30H50O2/c1-25(2)14-16-30-17-15-28(6)19(23(30)24(25)32-18-30)8-9-21-27(5)12-11-22(31)26(3,4)20(27)10-13-29(21,28)7/h19-24,31H,8-18H2,1-7H3/t19?,20?,21?,22-,23?,24?,27?,28-,29?,30?/m0/s1. The summed E-state index contributed by atoms with van der Waals surface area (Å²) in [6.45, 7) is 18.9. The fourth-order valence-corrected chi connectivity index (χ4v) is 12.0. The molecule has 2 nitrogen and oxygen atoms in total. The summed E-state index contributed by atoms with van der Waals surface area (Å²) in [6, 6.07) is 0. The lowest BCUT2D eigenvalue weighted by Gasteiger charge is -2.73. The molecule has 0 radical (unpaired) electrons. The van der Waals surface area contributed by atoms with E-state index in [0.717, 1.165) is 30.8 Å². The number of fused-ring (bicyclic) bond motifs is 5. The van der Waals surface area contributed by atoms with E-state index in [1.54, 1.807) is 0 Å². The number of aliphatic hydroxyl groups excluding tert-OH is 1. The molecular weight excluding hydrogens is 392 g/mol. The first-order valence-electron chi connectivity index (χ1n) is 14.1. The first-order valence-corrected chi connectivity index (χ1v) is 14.1. The summed E-state index contributed by atoms with van der Waals surface area (Å²) in [5.74, 6) is 3.11. The van der Waals surface area contributed by atoms with Crippen molar-refractivity contribution >= 4 is 0 Å². The van der Waals surface area contributed by atoms with E-state index in [9.17, 15) is 5.11 Å². The predicted octanol–water partition coefficient (Wildman–Crippen LogP) is 7.24. The first-order chi connectivity index (χ1) is 14.8. The van der Waals surface area contributed by atoms with Gasteiger partial charge in [0, 0.05) is 0 Å². The average Bonchev–Trinajstić information content (AvgIpc) is 3.05. The van der Waals surface area contributed by atoms with Gasteiger partial charge in [0.15, 0.2) is 0 Å². The Labute approximate surface area is 197 Å². The minimum atomic E-state index is -0.122. The van der Waals surface area contributed by atoms with Gasteiger partial charge in [-0.15, -0.1) is 0 Å². The summed E-state index contributed by atoms with van der Waals surface area (Å²) in [4.78, 5) is 0. The summed E-state index contributed by atoms with van der Waals surface area (Å²) in [5.41, 5.74) is 2.16. The molecule has 5 aliphatic carbocycles. The third-order valence-electron chi connectivity index (χ3n) is 14.1. The lowest BCUT2D eigenvalue weighted by Crippen LogP contribution is -2.67. The third-order valence-corrected chi connectivity index (χ3v) is 14.1. The lowest BCUT2D eigenvalue weighted by atomic mass is 9.31. The maximum absolute atomic E-state index is 10.9. The van der Waals surface area contributed by atoms with Crippen molar-refractivity contribution < 1.29 is 9.84 Å². The Morgan fingerprint density at radius 1 is 0.688 bits per heavy atom. The van der Waals surface area contributed by atoms with Crippen molar-refractivity contribution in [2.24, 2.45) is 56.2 Å². The summed E-state index contributed by atoms with van der Waals surface area (Å²) in [7, 11) is 0. The molecule has 6 fully saturated rings. The fourth-order valence-electron chi connectivity index (χ4n) is 12.0. The molecule has 0 amide bonds. The van der Waals surface area contributed by atoms with Crippen molar-refractivity contribution in [1.29, 1.82) is 0 Å². The summed E-state index contributed by atoms with van der Waals surface area (Å²) >= 11 is 0. The zero-order valence-electron chi connectivity index (χ0n) is 22.1. The number of aliphatic hydroxyl groups is 1. The van der Waals surface area contributed by atoms with Crippen LogP contribution in [-0.2, 0) is 4.74 Å². The van der Waals surface area contributed by atoms with Gasteiger partial charge in [-0.05, 0) is 120 Å². The Kier molecular flexibility index (Phi) is 4.46. The van der Waals surface area contributed by atoms with Crippen molar-refractivity contribution in [1.82, 2.24) is 0 Å². The van der Waals surface area contributed by atoms with E-state index in [2.05, 4.69) is 48.5 Å². The highest BCUT2D eigenvalue weighted by molar-refractivity contribution is 5.21. The van der Waals surface area contributed by atoms with Crippen LogP contribution in [0.15, 0.2) is 0 Å². The van der Waals surface area contributed by atoms with Gasteiger partial charge in [-0.2, -0.15) is 0 Å². The number of hydrogen-bond donors (Lipinski definition) is 1. The molecule has 0 spiro atoms. The van der Waals surface area contributed by atoms with Crippen LogP contribution >= 0.6 is 0 Å². The van der Waals surface area contributed by atoms with Crippen LogP contribution in [-0.4, -0.2) is 23.9 Å². The monoisotopic (exact) mass is 442 g/mol. The van der Waals surface area contributed by atoms with Gasteiger partial charge < -0.3 is 9.84 Å². The highest BCUT2D eigenvalue weighted by atomic mass is 16.5. The van der Waals surface area contributed by atoms with Gasteiger partial charge in [0.25, 0.3) is 0 Å². The van der Waals surface area contributed by atoms with Gasteiger partial charge in [0.05, 0.1) is 18.8 Å². The molecule has 1 aliphatic heterocycles. The molecule has 1 saturated heterocycles. The molecule has 2 bridgehead atoms. The van der Waals surface area contributed by atoms with Crippen LogP contribution in [0.3, 0.4) is 0 Å². The van der Waals surface area contributed by atoms with Gasteiger partial charge in [-0.25, -0.2) is 0 Å². The highest BCUT2D eigenvalue weighted by Gasteiger charge is 2.72. The Bertz CT molecular complexity index is 801. The molecule has 2 heteroatoms. The van der Waals surface area contributed by atoms with Crippen molar-refractivity contribution in [3.05, 3.63) is 0 Å². The predicted molar refractivity (Wildman–Crippen MR) is 130 cm³/mol. The van der Waals surface area contributed by atoms with Crippen LogP contribution in [0.25, 0.3) is 0 Å². The lowest BCUT2D eigenvalue weighted by molar-refractivity contribution is -0.252. The molecular formula is C30H50O2. The van der Waals surface area contributed by atoms with E-state index in [-0.39, 0.29) is 11.5 Å². The SMILES string of the molecule is CC1(C)CCC23CC[C@@]4(C)C(CCC5C6(C)CC[C@H](O)C(C)(C)C6CCC54C)C2C1OC3. The van der Waals surface area contributed by atoms with Crippen LogP contribution < -0.4 is 0 Å². The van der Waals surface area contributed by atoms with Crippen molar-refractivity contribution in [2.45, 2.75) is 125 Å². The Morgan fingerprint density at radius 2 is 1.41 bits per heavy atom. The molecule has 0 aromatic carbocycles. The van der Waals surface area contributed by atoms with E-state index in [1.165, 1.54) is 57.8 Å². The summed E-state index contributed by atoms with van der Waals surface area (Å²) in [6.07, 6.45) is 13.7. The van der Waals surface area contributed by atoms with Gasteiger partial charge in [-0.3, -0.25) is 0 Å². The first kappa shape index (κ1) is 22.4. The molecule has 6 aliphatic rings. The quantitative estimate of drug-likeness (QED) is 0.428. The van der Waals surface area contributed by atoms with Crippen molar-refractivity contribution in [3.8, 4) is 0 Å². The molecule has 8 unspecified atom stereocenters. The maximum atomic E-state index is 10.9. The zero-order valence-corrected chi connectivity index (χ0v) is 22.1. The summed E-state index contributed by atoms with van der Waals surface area (Å²) < 4.78 is 6.71. The maximum Gasteiger partial charge on any atom is 0.0663 e. The second-order valence-electron chi connectivity index (χ2n) is 15.7. The minimum absolute atomic E-state index is 0.0586. The van der Waals surface area contributed by atoms with Gasteiger partial charge >= 0.3 is 0 Å². The normalized spacial score (nSPS) is 60.0. The number of ether oxygens (including phenoxy) is 1.